The molecule has 1 aromatic heterocycles. The Bertz CT molecular complexity index is 872. The first-order valence-corrected chi connectivity index (χ1v) is 10.3. The van der Waals surface area contributed by atoms with Crippen LogP contribution in [0.2, 0.25) is 0 Å². The fraction of sp³-hybridized carbons (Fsp3) is 0.353. The van der Waals surface area contributed by atoms with E-state index in [1.165, 1.54) is 34.6 Å². The Morgan fingerprint density at radius 2 is 1.96 bits per heavy atom. The van der Waals surface area contributed by atoms with Crippen molar-refractivity contribution < 1.29 is 17.6 Å². The van der Waals surface area contributed by atoms with E-state index in [-0.39, 0.29) is 9.09 Å². The highest BCUT2D eigenvalue weighted by atomic mass is 32.2. The van der Waals surface area contributed by atoms with Crippen molar-refractivity contribution in [3.63, 3.8) is 0 Å². The number of piperidine rings is 1. The van der Waals surface area contributed by atoms with Gasteiger partial charge in [-0.2, -0.15) is 4.31 Å². The minimum Gasteiger partial charge on any atom is -0.321 e. The Hall–Kier alpha value is -1.77. The summed E-state index contributed by atoms with van der Waals surface area (Å²) in [6, 6.07) is 8.49. The topological polar surface area (TPSA) is 66.5 Å². The molecule has 134 valence electrons. The molecule has 5 nitrogen and oxygen atoms in total. The summed E-state index contributed by atoms with van der Waals surface area (Å²) in [4.78, 5) is 12.5. The van der Waals surface area contributed by atoms with Crippen LogP contribution in [0.5, 0.6) is 0 Å². The van der Waals surface area contributed by atoms with Gasteiger partial charge in [0.1, 0.15) is 10.0 Å². The van der Waals surface area contributed by atoms with E-state index in [0.717, 1.165) is 24.2 Å². The van der Waals surface area contributed by atoms with Crippen molar-refractivity contribution in [2.24, 2.45) is 5.92 Å². The average molecular weight is 382 g/mol. The van der Waals surface area contributed by atoms with E-state index in [2.05, 4.69) is 12.2 Å². The van der Waals surface area contributed by atoms with Gasteiger partial charge in [-0.15, -0.1) is 11.3 Å². The summed E-state index contributed by atoms with van der Waals surface area (Å²) in [5.74, 6) is -0.377. The quantitative estimate of drug-likeness (QED) is 0.879. The molecule has 3 rings (SSSR count). The van der Waals surface area contributed by atoms with Gasteiger partial charge in [-0.25, -0.2) is 12.8 Å². The molecule has 25 heavy (non-hydrogen) atoms. The Kier molecular flexibility index (Phi) is 5.21. The van der Waals surface area contributed by atoms with E-state index in [9.17, 15) is 17.6 Å². The predicted molar refractivity (Wildman–Crippen MR) is 95.8 cm³/mol. The number of amides is 1. The zero-order chi connectivity index (χ0) is 18.0. The first-order chi connectivity index (χ1) is 11.9. The van der Waals surface area contributed by atoms with Crippen molar-refractivity contribution in [3.05, 3.63) is 47.1 Å². The number of carbonyl (C=O) groups excluding carboxylic acids is 1. The van der Waals surface area contributed by atoms with Crippen LogP contribution in [0.4, 0.5) is 10.1 Å². The lowest BCUT2D eigenvalue weighted by Crippen LogP contribution is -2.37. The largest absolute Gasteiger partial charge is 0.321 e. The Labute approximate surface area is 150 Å². The fourth-order valence-electron chi connectivity index (χ4n) is 2.69. The first-order valence-electron chi connectivity index (χ1n) is 8.03. The zero-order valence-electron chi connectivity index (χ0n) is 13.7. The van der Waals surface area contributed by atoms with Crippen LogP contribution in [0.25, 0.3) is 0 Å². The van der Waals surface area contributed by atoms with Gasteiger partial charge < -0.3 is 5.32 Å². The lowest BCUT2D eigenvalue weighted by Gasteiger charge is -2.28. The molecule has 2 heterocycles. The number of rotatable bonds is 4. The Morgan fingerprint density at radius 3 is 2.64 bits per heavy atom. The predicted octanol–water partition coefficient (Wildman–Crippen LogP) is 3.56. The lowest BCUT2D eigenvalue weighted by molar-refractivity contribution is 0.103. The van der Waals surface area contributed by atoms with Gasteiger partial charge in [0.05, 0.1) is 4.88 Å². The Morgan fingerprint density at radius 1 is 1.24 bits per heavy atom. The monoisotopic (exact) mass is 382 g/mol. The summed E-state index contributed by atoms with van der Waals surface area (Å²) in [6.45, 7) is 3.13. The highest BCUT2D eigenvalue weighted by Crippen LogP contribution is 2.28. The highest BCUT2D eigenvalue weighted by molar-refractivity contribution is 7.91. The molecular formula is C17H19FN2O3S2. The molecule has 0 aliphatic carbocycles. The second-order valence-electron chi connectivity index (χ2n) is 6.17. The summed E-state index contributed by atoms with van der Waals surface area (Å²) in [7, 11) is -3.57. The van der Waals surface area contributed by atoms with E-state index in [1.807, 2.05) is 0 Å². The number of hydrogen-bond donors (Lipinski definition) is 1. The van der Waals surface area contributed by atoms with Gasteiger partial charge in [-0.05, 0) is 49.1 Å². The van der Waals surface area contributed by atoms with Gasteiger partial charge in [0.15, 0.2) is 0 Å². The lowest BCUT2D eigenvalue weighted by atomic mass is 10.0. The number of anilines is 1. The first kappa shape index (κ1) is 18.0. The molecule has 8 heteroatoms. The van der Waals surface area contributed by atoms with Gasteiger partial charge in [0, 0.05) is 18.8 Å². The van der Waals surface area contributed by atoms with Crippen LogP contribution < -0.4 is 5.32 Å². The molecule has 0 radical (unpaired) electrons. The van der Waals surface area contributed by atoms with Crippen molar-refractivity contribution in [3.8, 4) is 0 Å². The smallest absolute Gasteiger partial charge is 0.265 e. The molecule has 0 atom stereocenters. The summed E-state index contributed by atoms with van der Waals surface area (Å²) in [5, 5.41) is 2.57. The third kappa shape index (κ3) is 4.08. The van der Waals surface area contributed by atoms with E-state index in [1.54, 1.807) is 6.07 Å². The molecule has 1 amide bonds. The summed E-state index contributed by atoms with van der Waals surface area (Å²) >= 11 is 0.930. The second-order valence-corrected chi connectivity index (χ2v) is 9.42. The normalized spacial score (nSPS) is 16.7. The number of nitrogens with one attached hydrogen (secondary N) is 1. The number of thiophene rings is 1. The maximum atomic E-state index is 13.2. The molecule has 1 N–H and O–H groups in total. The molecule has 1 aromatic carbocycles. The molecule has 2 aromatic rings. The van der Waals surface area contributed by atoms with Crippen LogP contribution in [0.3, 0.4) is 0 Å². The summed E-state index contributed by atoms with van der Waals surface area (Å²) < 4.78 is 40.2. The molecule has 0 bridgehead atoms. The highest BCUT2D eigenvalue weighted by Gasteiger charge is 2.29. The van der Waals surface area contributed by atoms with E-state index in [0.29, 0.717) is 24.7 Å². The zero-order valence-corrected chi connectivity index (χ0v) is 15.4. The van der Waals surface area contributed by atoms with Gasteiger partial charge in [-0.1, -0.05) is 13.0 Å². The third-order valence-electron chi connectivity index (χ3n) is 4.22. The van der Waals surface area contributed by atoms with Crippen molar-refractivity contribution in [2.75, 3.05) is 18.4 Å². The summed E-state index contributed by atoms with van der Waals surface area (Å²) in [5.41, 5.74) is 0.327. The van der Waals surface area contributed by atoms with Crippen LogP contribution in [-0.2, 0) is 10.0 Å². The maximum Gasteiger partial charge on any atom is 0.265 e. The number of halogens is 1. The van der Waals surface area contributed by atoms with E-state index in [4.69, 9.17) is 0 Å². The summed E-state index contributed by atoms with van der Waals surface area (Å²) in [6.07, 6.45) is 1.69. The molecule has 0 unspecified atom stereocenters. The molecule has 1 saturated heterocycles. The van der Waals surface area contributed by atoms with E-state index >= 15 is 0 Å². The minimum atomic E-state index is -3.57. The SMILES string of the molecule is CC1CCN(S(=O)(=O)c2ccc(C(=O)Nc3cccc(F)c3)s2)CC1. The van der Waals surface area contributed by atoms with Gasteiger partial charge in [-0.3, -0.25) is 4.79 Å². The van der Waals surface area contributed by atoms with Crippen molar-refractivity contribution in [1.82, 2.24) is 4.31 Å². The third-order valence-corrected chi connectivity index (χ3v) is 7.67. The molecule has 0 saturated carbocycles. The van der Waals surface area contributed by atoms with Gasteiger partial charge in [0.25, 0.3) is 15.9 Å². The van der Waals surface area contributed by atoms with Crippen molar-refractivity contribution >= 4 is 33.0 Å². The van der Waals surface area contributed by atoms with Crippen LogP contribution >= 0.6 is 11.3 Å². The second kappa shape index (κ2) is 7.23. The number of nitrogens with zero attached hydrogens (tertiary/aromatic N) is 1. The number of carbonyl (C=O) groups is 1. The van der Waals surface area contributed by atoms with Crippen molar-refractivity contribution in [1.29, 1.82) is 0 Å². The average Bonchev–Trinajstić information content (AvgIpc) is 3.06. The number of hydrogen-bond acceptors (Lipinski definition) is 4. The van der Waals surface area contributed by atoms with Crippen LogP contribution in [-0.4, -0.2) is 31.7 Å². The fourth-order valence-corrected chi connectivity index (χ4v) is 5.52. The van der Waals surface area contributed by atoms with Crippen LogP contribution in [0, 0.1) is 11.7 Å². The molecular weight excluding hydrogens is 363 g/mol. The van der Waals surface area contributed by atoms with Gasteiger partial charge in [0.2, 0.25) is 0 Å². The molecule has 1 aliphatic rings. The van der Waals surface area contributed by atoms with Crippen LogP contribution in [0.1, 0.15) is 29.4 Å². The Balaban J connectivity index is 1.74. The van der Waals surface area contributed by atoms with E-state index < -0.39 is 21.7 Å². The van der Waals surface area contributed by atoms with Crippen molar-refractivity contribution in [2.45, 2.75) is 24.0 Å². The van der Waals surface area contributed by atoms with Crippen LogP contribution in [0.15, 0.2) is 40.6 Å². The standard InChI is InChI=1S/C17H19FN2O3S2/c1-12-7-9-20(10-8-12)25(22,23)16-6-5-15(24-16)17(21)19-14-4-2-3-13(18)11-14/h2-6,11-12H,7-10H2,1H3,(H,19,21). The number of sulfonamides is 1. The molecule has 0 spiro atoms. The van der Waals surface area contributed by atoms with Gasteiger partial charge >= 0.3 is 0 Å². The number of benzene rings is 1. The maximum absolute atomic E-state index is 13.2. The molecule has 1 aliphatic heterocycles. The minimum absolute atomic E-state index is 0.159. The molecule has 1 fully saturated rings.